The van der Waals surface area contributed by atoms with Gasteiger partial charge < -0.3 is 15.0 Å². The van der Waals surface area contributed by atoms with E-state index in [1.54, 1.807) is 44.2 Å². The Labute approximate surface area is 216 Å². The van der Waals surface area contributed by atoms with Crippen molar-refractivity contribution >= 4 is 27.5 Å². The molecule has 0 saturated heterocycles. The lowest BCUT2D eigenvalue weighted by Crippen LogP contribution is -2.51. The fourth-order valence-corrected chi connectivity index (χ4v) is 5.10. The first-order valence-corrected chi connectivity index (χ1v) is 13.1. The van der Waals surface area contributed by atoms with E-state index in [4.69, 9.17) is 4.74 Å². The van der Waals surface area contributed by atoms with E-state index < -0.39 is 34.3 Å². The number of rotatable bonds is 11. The summed E-state index contributed by atoms with van der Waals surface area (Å²) in [5.41, 5.74) is 0.884. The minimum Gasteiger partial charge on any atom is -0.497 e. The van der Waals surface area contributed by atoms with Gasteiger partial charge in [0.25, 0.3) is 10.0 Å². The van der Waals surface area contributed by atoms with Gasteiger partial charge in [-0.3, -0.25) is 13.9 Å². The van der Waals surface area contributed by atoms with Crippen molar-refractivity contribution in [2.45, 2.75) is 31.3 Å². The maximum Gasteiger partial charge on any atom is 0.264 e. The Morgan fingerprint density at radius 3 is 2.16 bits per heavy atom. The molecular formula is C27H30FN3O5S. The van der Waals surface area contributed by atoms with Crippen molar-refractivity contribution in [1.29, 1.82) is 0 Å². The zero-order valence-corrected chi connectivity index (χ0v) is 21.7. The summed E-state index contributed by atoms with van der Waals surface area (Å²) in [5, 5.41) is 2.69. The van der Waals surface area contributed by atoms with Crippen LogP contribution in [-0.4, -0.2) is 51.4 Å². The van der Waals surface area contributed by atoms with Crippen LogP contribution in [0.4, 0.5) is 10.1 Å². The Kier molecular flexibility index (Phi) is 9.24. The van der Waals surface area contributed by atoms with Gasteiger partial charge in [0.1, 0.15) is 24.2 Å². The van der Waals surface area contributed by atoms with Crippen LogP contribution in [-0.2, 0) is 26.2 Å². The van der Waals surface area contributed by atoms with E-state index in [0.717, 1.165) is 4.31 Å². The maximum atomic E-state index is 13.7. The number of likely N-dealkylation sites (N-methyl/N-ethyl adjacent to an activating group) is 1. The van der Waals surface area contributed by atoms with Crippen molar-refractivity contribution in [2.24, 2.45) is 0 Å². The van der Waals surface area contributed by atoms with Crippen molar-refractivity contribution in [2.75, 3.05) is 24.5 Å². The van der Waals surface area contributed by atoms with Gasteiger partial charge in [-0.05, 0) is 67.9 Å². The molecule has 0 heterocycles. The molecule has 37 heavy (non-hydrogen) atoms. The molecule has 196 valence electrons. The smallest absolute Gasteiger partial charge is 0.264 e. The minimum absolute atomic E-state index is 0.0113. The predicted molar refractivity (Wildman–Crippen MR) is 139 cm³/mol. The van der Waals surface area contributed by atoms with Gasteiger partial charge >= 0.3 is 0 Å². The molecule has 0 fully saturated rings. The van der Waals surface area contributed by atoms with Crippen molar-refractivity contribution in [1.82, 2.24) is 10.2 Å². The third kappa shape index (κ3) is 6.85. The number of carbonyl (C=O) groups excluding carboxylic acids is 2. The Hall–Kier alpha value is -3.92. The van der Waals surface area contributed by atoms with Gasteiger partial charge in [-0.1, -0.05) is 30.3 Å². The molecule has 0 saturated carbocycles. The quantitative estimate of drug-likeness (QED) is 0.411. The molecule has 0 aliphatic rings. The average molecular weight is 528 g/mol. The first-order valence-electron chi connectivity index (χ1n) is 11.7. The number of nitrogens with zero attached hydrogens (tertiary/aromatic N) is 2. The number of anilines is 1. The molecule has 3 aromatic rings. The lowest BCUT2D eigenvalue weighted by atomic mass is 10.1. The van der Waals surface area contributed by atoms with Crippen molar-refractivity contribution in [3.8, 4) is 5.75 Å². The van der Waals surface area contributed by atoms with Crippen LogP contribution in [0.5, 0.6) is 5.75 Å². The molecule has 8 nitrogen and oxygen atoms in total. The number of sulfonamides is 1. The largest absolute Gasteiger partial charge is 0.497 e. The van der Waals surface area contributed by atoms with E-state index in [1.807, 2.05) is 0 Å². The zero-order chi connectivity index (χ0) is 27.0. The molecule has 1 N–H and O–H groups in total. The normalized spacial score (nSPS) is 11.9. The van der Waals surface area contributed by atoms with Gasteiger partial charge in [0.05, 0.1) is 17.7 Å². The highest BCUT2D eigenvalue weighted by molar-refractivity contribution is 7.92. The Morgan fingerprint density at radius 1 is 0.973 bits per heavy atom. The summed E-state index contributed by atoms with van der Waals surface area (Å²) in [4.78, 5) is 27.6. The summed E-state index contributed by atoms with van der Waals surface area (Å²) in [7, 11) is -2.69. The number of nitrogens with one attached hydrogen (secondary N) is 1. The SMILES string of the molecule is CCNC(=O)[C@H](C)N(Cc1ccc(F)cc1)C(=O)CN(c1ccccc1)S(=O)(=O)c1ccc(OC)cc1. The monoisotopic (exact) mass is 527 g/mol. The lowest BCUT2D eigenvalue weighted by Gasteiger charge is -2.32. The first kappa shape index (κ1) is 27.7. The van der Waals surface area contributed by atoms with Gasteiger partial charge in [-0.15, -0.1) is 0 Å². The fourth-order valence-electron chi connectivity index (χ4n) is 3.69. The van der Waals surface area contributed by atoms with Crippen molar-refractivity contribution in [3.05, 3.63) is 90.2 Å². The highest BCUT2D eigenvalue weighted by atomic mass is 32.2. The molecular weight excluding hydrogens is 497 g/mol. The van der Waals surface area contributed by atoms with Gasteiger partial charge in [0, 0.05) is 13.1 Å². The van der Waals surface area contributed by atoms with E-state index in [9.17, 15) is 22.4 Å². The molecule has 3 aromatic carbocycles. The molecule has 3 rings (SSSR count). The Balaban J connectivity index is 1.99. The molecule has 0 aliphatic carbocycles. The Bertz CT molecular complexity index is 1300. The molecule has 0 aromatic heterocycles. The van der Waals surface area contributed by atoms with Crippen LogP contribution < -0.4 is 14.4 Å². The number of amides is 2. The first-order chi connectivity index (χ1) is 17.7. The number of para-hydroxylation sites is 1. The third-order valence-corrected chi connectivity index (χ3v) is 7.54. The maximum absolute atomic E-state index is 13.7. The minimum atomic E-state index is -4.16. The molecule has 2 amide bonds. The van der Waals surface area contributed by atoms with Gasteiger partial charge in [-0.2, -0.15) is 0 Å². The number of ether oxygens (including phenoxy) is 1. The van der Waals surface area contributed by atoms with Crippen LogP contribution in [0.25, 0.3) is 0 Å². The van der Waals surface area contributed by atoms with E-state index in [1.165, 1.54) is 60.5 Å². The molecule has 0 unspecified atom stereocenters. The number of hydrogen-bond acceptors (Lipinski definition) is 5. The van der Waals surface area contributed by atoms with Crippen LogP contribution in [0.15, 0.2) is 83.8 Å². The average Bonchev–Trinajstić information content (AvgIpc) is 2.91. The summed E-state index contributed by atoms with van der Waals surface area (Å²) >= 11 is 0. The van der Waals surface area contributed by atoms with Crippen LogP contribution in [0.1, 0.15) is 19.4 Å². The van der Waals surface area contributed by atoms with E-state index in [0.29, 0.717) is 23.5 Å². The molecule has 0 bridgehead atoms. The second kappa shape index (κ2) is 12.4. The van der Waals surface area contributed by atoms with Crippen LogP contribution in [0.2, 0.25) is 0 Å². The Morgan fingerprint density at radius 2 is 1.59 bits per heavy atom. The van der Waals surface area contributed by atoms with Crippen LogP contribution in [0.3, 0.4) is 0 Å². The number of methoxy groups -OCH3 is 1. The van der Waals surface area contributed by atoms with Gasteiger partial charge in [0.2, 0.25) is 11.8 Å². The molecule has 0 aliphatic heterocycles. The standard InChI is InChI=1S/C27H30FN3O5S/c1-4-29-27(33)20(2)30(18-21-10-12-22(28)13-11-21)26(32)19-31(23-8-6-5-7-9-23)37(34,35)25-16-14-24(36-3)15-17-25/h5-17,20H,4,18-19H2,1-3H3,(H,29,33)/t20-/m0/s1. The molecule has 10 heteroatoms. The number of halogens is 1. The second-order valence-corrected chi connectivity index (χ2v) is 10.1. The fraction of sp³-hybridized carbons (Fsp3) is 0.259. The van der Waals surface area contributed by atoms with Crippen molar-refractivity contribution in [3.63, 3.8) is 0 Å². The second-order valence-electron chi connectivity index (χ2n) is 8.24. The summed E-state index contributed by atoms with van der Waals surface area (Å²) < 4.78 is 47.0. The third-order valence-electron chi connectivity index (χ3n) is 5.75. The van der Waals surface area contributed by atoms with Gasteiger partial charge in [0.15, 0.2) is 0 Å². The van der Waals surface area contributed by atoms with E-state index in [2.05, 4.69) is 5.32 Å². The summed E-state index contributed by atoms with van der Waals surface area (Å²) in [6, 6.07) is 18.8. The number of hydrogen-bond donors (Lipinski definition) is 1. The highest BCUT2D eigenvalue weighted by Gasteiger charge is 2.32. The summed E-state index contributed by atoms with van der Waals surface area (Å²) in [6.45, 7) is 3.13. The molecule has 0 radical (unpaired) electrons. The number of benzene rings is 3. The van der Waals surface area contributed by atoms with E-state index in [-0.39, 0.29) is 17.3 Å². The van der Waals surface area contributed by atoms with E-state index >= 15 is 0 Å². The summed E-state index contributed by atoms with van der Waals surface area (Å²) in [5.74, 6) is -0.923. The van der Waals surface area contributed by atoms with Gasteiger partial charge in [-0.25, -0.2) is 12.8 Å². The zero-order valence-electron chi connectivity index (χ0n) is 20.9. The topological polar surface area (TPSA) is 96.0 Å². The van der Waals surface area contributed by atoms with Crippen LogP contribution in [0, 0.1) is 5.82 Å². The van der Waals surface area contributed by atoms with Crippen LogP contribution >= 0.6 is 0 Å². The highest BCUT2D eigenvalue weighted by Crippen LogP contribution is 2.25. The van der Waals surface area contributed by atoms with Crippen molar-refractivity contribution < 1.29 is 27.1 Å². The predicted octanol–water partition coefficient (Wildman–Crippen LogP) is 3.58. The number of carbonyl (C=O) groups is 2. The lowest BCUT2D eigenvalue weighted by molar-refractivity contribution is -0.139. The summed E-state index contributed by atoms with van der Waals surface area (Å²) in [6.07, 6.45) is 0. The molecule has 1 atom stereocenters. The molecule has 0 spiro atoms.